The average molecular weight is 388 g/mol. The van der Waals surface area contributed by atoms with Crippen molar-refractivity contribution in [1.29, 1.82) is 0 Å². The summed E-state index contributed by atoms with van der Waals surface area (Å²) in [7, 11) is 2.16. The second-order valence-electron chi connectivity index (χ2n) is 7.02. The third-order valence-electron chi connectivity index (χ3n) is 5.03. The van der Waals surface area contributed by atoms with Crippen LogP contribution in [0.3, 0.4) is 0 Å². The predicted octanol–water partition coefficient (Wildman–Crippen LogP) is 3.25. The molecule has 0 radical (unpaired) electrons. The number of benzene rings is 1. The Morgan fingerprint density at radius 1 is 1.19 bits per heavy atom. The van der Waals surface area contributed by atoms with Crippen molar-refractivity contribution in [2.45, 2.75) is 25.9 Å². The Balaban J connectivity index is 1.70. The second-order valence-corrected chi connectivity index (χ2v) is 8.00. The molecule has 0 spiro atoms. The zero-order valence-corrected chi connectivity index (χ0v) is 17.2. The van der Waals surface area contributed by atoms with Crippen molar-refractivity contribution in [1.82, 2.24) is 15.1 Å². The lowest BCUT2D eigenvalue weighted by Gasteiger charge is -2.40. The van der Waals surface area contributed by atoms with Crippen LogP contribution >= 0.6 is 11.3 Å². The van der Waals surface area contributed by atoms with E-state index in [4.69, 9.17) is 4.74 Å². The summed E-state index contributed by atoms with van der Waals surface area (Å²) in [6.07, 6.45) is 0. The van der Waals surface area contributed by atoms with E-state index >= 15 is 0 Å². The van der Waals surface area contributed by atoms with Crippen molar-refractivity contribution < 1.29 is 9.53 Å². The van der Waals surface area contributed by atoms with E-state index < -0.39 is 0 Å². The molecule has 6 heteroatoms. The minimum absolute atomic E-state index is 0.0196. The summed E-state index contributed by atoms with van der Waals surface area (Å²) in [4.78, 5) is 18.9. The number of nitrogens with zero attached hydrogens (tertiary/aromatic N) is 2. The fourth-order valence-electron chi connectivity index (χ4n) is 3.54. The number of carbonyl (C=O) groups excluding carboxylic acids is 1. The molecular formula is C21H29N3O2S. The maximum Gasteiger partial charge on any atom is 0.251 e. The third-order valence-corrected chi connectivity index (χ3v) is 5.97. The zero-order valence-electron chi connectivity index (χ0n) is 16.4. The summed E-state index contributed by atoms with van der Waals surface area (Å²) < 4.78 is 5.46. The number of nitrogens with one attached hydrogen (secondary N) is 1. The maximum atomic E-state index is 12.8. The first-order valence-electron chi connectivity index (χ1n) is 9.58. The first-order valence-corrected chi connectivity index (χ1v) is 10.5. The van der Waals surface area contributed by atoms with Crippen LogP contribution in [0.25, 0.3) is 0 Å². The summed E-state index contributed by atoms with van der Waals surface area (Å²) in [6, 6.07) is 11.8. The van der Waals surface area contributed by atoms with Crippen LogP contribution in [0.4, 0.5) is 0 Å². The minimum atomic E-state index is -0.0405. The van der Waals surface area contributed by atoms with Crippen molar-refractivity contribution in [3.63, 3.8) is 0 Å². The molecule has 0 bridgehead atoms. The van der Waals surface area contributed by atoms with Crippen LogP contribution in [0, 0.1) is 0 Å². The molecule has 2 atom stereocenters. The number of hydrogen-bond donors (Lipinski definition) is 1. The fourth-order valence-corrected chi connectivity index (χ4v) is 4.50. The van der Waals surface area contributed by atoms with E-state index in [0.29, 0.717) is 12.2 Å². The lowest BCUT2D eigenvalue weighted by atomic mass is 10.0. The van der Waals surface area contributed by atoms with Crippen LogP contribution in [0.5, 0.6) is 5.75 Å². The van der Waals surface area contributed by atoms with Crippen LogP contribution in [-0.4, -0.2) is 61.6 Å². The molecule has 1 aliphatic rings. The van der Waals surface area contributed by atoms with Gasteiger partial charge in [0.25, 0.3) is 5.91 Å². The normalized spacial score (nSPS) is 18.0. The molecular weight excluding hydrogens is 358 g/mol. The topological polar surface area (TPSA) is 44.8 Å². The third kappa shape index (κ3) is 5.09. The summed E-state index contributed by atoms with van der Waals surface area (Å²) in [5.41, 5.74) is 0.661. The number of rotatable bonds is 7. The number of thiophene rings is 1. The monoisotopic (exact) mass is 387 g/mol. The second kappa shape index (κ2) is 9.35. The van der Waals surface area contributed by atoms with Gasteiger partial charge in [0, 0.05) is 42.7 Å². The van der Waals surface area contributed by atoms with Crippen molar-refractivity contribution >= 4 is 17.2 Å². The Morgan fingerprint density at radius 2 is 1.89 bits per heavy atom. The molecule has 1 aromatic heterocycles. The van der Waals surface area contributed by atoms with E-state index in [2.05, 4.69) is 46.6 Å². The van der Waals surface area contributed by atoms with Gasteiger partial charge in [0.15, 0.2) is 0 Å². The van der Waals surface area contributed by atoms with Crippen molar-refractivity contribution in [2.24, 2.45) is 0 Å². The largest absolute Gasteiger partial charge is 0.494 e. The quantitative estimate of drug-likeness (QED) is 0.792. The highest BCUT2D eigenvalue weighted by Crippen LogP contribution is 2.29. The van der Waals surface area contributed by atoms with Crippen LogP contribution in [0.2, 0.25) is 0 Å². The molecule has 0 saturated carbocycles. The highest BCUT2D eigenvalue weighted by molar-refractivity contribution is 7.10. The number of amides is 1. The molecule has 1 aromatic carbocycles. The van der Waals surface area contributed by atoms with Crippen molar-refractivity contribution in [3.8, 4) is 5.75 Å². The van der Waals surface area contributed by atoms with Gasteiger partial charge in [-0.3, -0.25) is 9.69 Å². The van der Waals surface area contributed by atoms with E-state index in [1.54, 1.807) is 11.3 Å². The Kier molecular flexibility index (Phi) is 6.88. The molecule has 0 unspecified atom stereocenters. The van der Waals surface area contributed by atoms with Crippen molar-refractivity contribution in [2.75, 3.05) is 39.8 Å². The highest BCUT2D eigenvalue weighted by Gasteiger charge is 2.30. The van der Waals surface area contributed by atoms with E-state index in [0.717, 1.165) is 31.9 Å². The van der Waals surface area contributed by atoms with Crippen LogP contribution in [0.15, 0.2) is 41.8 Å². The summed E-state index contributed by atoms with van der Waals surface area (Å²) in [5, 5.41) is 5.33. The first kappa shape index (κ1) is 19.9. The van der Waals surface area contributed by atoms with Crippen LogP contribution < -0.4 is 10.1 Å². The van der Waals surface area contributed by atoms with Gasteiger partial charge >= 0.3 is 0 Å². The Bertz CT molecular complexity index is 710. The number of piperazine rings is 1. The molecule has 5 nitrogen and oxygen atoms in total. The van der Waals surface area contributed by atoms with E-state index in [1.165, 1.54) is 4.88 Å². The average Bonchev–Trinajstić information content (AvgIpc) is 3.18. The Morgan fingerprint density at radius 3 is 2.48 bits per heavy atom. The summed E-state index contributed by atoms with van der Waals surface area (Å²) in [6.45, 7) is 8.82. The maximum absolute atomic E-state index is 12.8. The molecule has 1 aliphatic heterocycles. The van der Waals surface area contributed by atoms with E-state index in [9.17, 15) is 4.79 Å². The van der Waals surface area contributed by atoms with Gasteiger partial charge in [0.2, 0.25) is 0 Å². The molecule has 0 aliphatic carbocycles. The Hall–Kier alpha value is -1.89. The lowest BCUT2D eigenvalue weighted by molar-refractivity contribution is 0.0799. The van der Waals surface area contributed by atoms with Gasteiger partial charge in [-0.1, -0.05) is 6.07 Å². The highest BCUT2D eigenvalue weighted by atomic mass is 32.1. The van der Waals surface area contributed by atoms with Crippen molar-refractivity contribution in [3.05, 3.63) is 52.2 Å². The molecule has 3 rings (SSSR count). The first-order chi connectivity index (χ1) is 13.1. The van der Waals surface area contributed by atoms with Gasteiger partial charge in [-0.2, -0.15) is 0 Å². The fraction of sp³-hybridized carbons (Fsp3) is 0.476. The number of likely N-dealkylation sites (N-methyl/N-ethyl adjacent to an activating group) is 1. The lowest BCUT2D eigenvalue weighted by Crippen LogP contribution is -2.51. The van der Waals surface area contributed by atoms with E-state index in [-0.39, 0.29) is 18.0 Å². The molecule has 2 heterocycles. The Labute approximate surface area is 165 Å². The van der Waals surface area contributed by atoms with Gasteiger partial charge in [0.1, 0.15) is 5.75 Å². The molecule has 1 saturated heterocycles. The minimum Gasteiger partial charge on any atom is -0.494 e. The summed E-state index contributed by atoms with van der Waals surface area (Å²) >= 11 is 1.76. The molecule has 2 aromatic rings. The number of ether oxygens (including phenoxy) is 1. The smallest absolute Gasteiger partial charge is 0.251 e. The molecule has 1 amide bonds. The molecule has 1 N–H and O–H groups in total. The molecule has 146 valence electrons. The van der Waals surface area contributed by atoms with E-state index in [1.807, 2.05) is 31.2 Å². The van der Waals surface area contributed by atoms with Gasteiger partial charge < -0.3 is 15.0 Å². The SMILES string of the molecule is CCOc1ccc(C(=O)N[C@H](C)[C@H](c2cccs2)N2CCN(C)CC2)cc1. The van der Waals surface area contributed by atoms with Crippen LogP contribution in [0.1, 0.15) is 35.1 Å². The predicted molar refractivity (Wildman–Crippen MR) is 111 cm³/mol. The summed E-state index contributed by atoms with van der Waals surface area (Å²) in [5.74, 6) is 0.747. The van der Waals surface area contributed by atoms with Crippen LogP contribution in [-0.2, 0) is 0 Å². The van der Waals surface area contributed by atoms with Gasteiger partial charge in [-0.15, -0.1) is 11.3 Å². The molecule has 27 heavy (non-hydrogen) atoms. The van der Waals surface area contributed by atoms with Gasteiger partial charge in [-0.05, 0) is 56.6 Å². The zero-order chi connectivity index (χ0) is 19.2. The standard InChI is InChI=1S/C21H29N3O2S/c1-4-26-18-9-7-17(8-10-18)21(25)22-16(2)20(19-6-5-15-27-19)24-13-11-23(3)12-14-24/h5-10,15-16,20H,4,11-14H2,1-3H3,(H,22,25)/t16-,20-/m1/s1. The number of carbonyl (C=O) groups is 1. The van der Waals surface area contributed by atoms with Gasteiger partial charge in [-0.25, -0.2) is 0 Å². The molecule has 1 fully saturated rings. The van der Waals surface area contributed by atoms with Gasteiger partial charge in [0.05, 0.1) is 12.6 Å². The number of hydrogen-bond acceptors (Lipinski definition) is 5.